The van der Waals surface area contributed by atoms with E-state index in [-0.39, 0.29) is 17.4 Å². The number of benzene rings is 1. The zero-order valence-corrected chi connectivity index (χ0v) is 16.6. The van der Waals surface area contributed by atoms with Crippen molar-refractivity contribution in [2.75, 3.05) is 16.8 Å². The lowest BCUT2D eigenvalue weighted by atomic mass is 10.1. The fourth-order valence-electron chi connectivity index (χ4n) is 2.85. The summed E-state index contributed by atoms with van der Waals surface area (Å²) in [4.78, 5) is 12.3. The van der Waals surface area contributed by atoms with Crippen LogP contribution in [-0.2, 0) is 21.7 Å². The van der Waals surface area contributed by atoms with Gasteiger partial charge in [0.15, 0.2) is 32.4 Å². The molecule has 7 nitrogen and oxygen atoms in total. The van der Waals surface area contributed by atoms with Crippen molar-refractivity contribution >= 4 is 33.2 Å². The lowest BCUT2D eigenvalue weighted by molar-refractivity contribution is -0.115. The van der Waals surface area contributed by atoms with Gasteiger partial charge in [-0.05, 0) is 25.5 Å². The number of rotatable bonds is 5. The molecular formula is C16H17F3N4O3S2. The fraction of sp³-hybridized carbons (Fsp3) is 0.438. The average Bonchev–Trinajstić information content (AvgIpc) is 3.17. The molecule has 0 radical (unpaired) electrons. The van der Waals surface area contributed by atoms with Crippen molar-refractivity contribution in [3.05, 3.63) is 35.4 Å². The Morgan fingerprint density at radius 3 is 2.64 bits per heavy atom. The molecule has 1 aromatic heterocycles. The third-order valence-corrected chi connectivity index (χ3v) is 7.31. The summed E-state index contributed by atoms with van der Waals surface area (Å²) in [5.74, 6) is -4.75. The van der Waals surface area contributed by atoms with Crippen molar-refractivity contribution in [2.45, 2.75) is 29.7 Å². The second kappa shape index (κ2) is 7.74. The van der Waals surface area contributed by atoms with Crippen LogP contribution in [0.5, 0.6) is 0 Å². The molecular weight excluding hydrogens is 417 g/mol. The van der Waals surface area contributed by atoms with Crippen LogP contribution in [0.4, 0.5) is 18.9 Å². The van der Waals surface area contributed by atoms with Crippen molar-refractivity contribution in [3.63, 3.8) is 0 Å². The number of hydrogen-bond donors (Lipinski definition) is 1. The highest BCUT2D eigenvalue weighted by molar-refractivity contribution is 8.00. The van der Waals surface area contributed by atoms with Gasteiger partial charge in [0.2, 0.25) is 5.91 Å². The minimum absolute atomic E-state index is 0.00902. The Balaban J connectivity index is 1.69. The molecule has 152 valence electrons. The van der Waals surface area contributed by atoms with Crippen LogP contribution in [0.1, 0.15) is 25.1 Å². The first kappa shape index (κ1) is 20.6. The highest BCUT2D eigenvalue weighted by Gasteiger charge is 2.33. The molecule has 3 rings (SSSR count). The monoisotopic (exact) mass is 434 g/mol. The van der Waals surface area contributed by atoms with Gasteiger partial charge in [-0.3, -0.25) is 4.79 Å². The summed E-state index contributed by atoms with van der Waals surface area (Å²) in [5, 5.41) is 9.88. The SMILES string of the molecule is CC(Sc1nnc(C2CCS(=O)(=O)C2)n1C)C(=O)Nc1ccc(F)c(F)c1F. The largest absolute Gasteiger partial charge is 0.323 e. The zero-order valence-electron chi connectivity index (χ0n) is 14.9. The molecule has 1 aromatic carbocycles. The highest BCUT2D eigenvalue weighted by atomic mass is 32.2. The van der Waals surface area contributed by atoms with E-state index in [1.165, 1.54) is 6.92 Å². The molecule has 2 aromatic rings. The Morgan fingerprint density at radius 2 is 2.00 bits per heavy atom. The van der Waals surface area contributed by atoms with Crippen molar-refractivity contribution < 1.29 is 26.4 Å². The van der Waals surface area contributed by atoms with Gasteiger partial charge in [0.1, 0.15) is 5.82 Å². The van der Waals surface area contributed by atoms with Crippen LogP contribution in [0.3, 0.4) is 0 Å². The first-order valence-corrected chi connectivity index (χ1v) is 11.0. The molecule has 0 bridgehead atoms. The molecule has 1 saturated heterocycles. The zero-order chi connectivity index (χ0) is 20.6. The number of carbonyl (C=O) groups is 1. The standard InChI is InChI=1S/C16H17F3N4O3S2/c1-8(15(24)20-11-4-3-10(17)12(18)13(11)19)27-16-22-21-14(23(16)2)9-5-6-28(25,26)7-9/h3-4,8-9H,5-7H2,1-2H3,(H,20,24). The van der Waals surface area contributed by atoms with Crippen molar-refractivity contribution in [1.82, 2.24) is 14.8 Å². The van der Waals surface area contributed by atoms with E-state index in [2.05, 4.69) is 15.5 Å². The number of hydrogen-bond acceptors (Lipinski definition) is 6. The lowest BCUT2D eigenvalue weighted by Gasteiger charge is -2.13. The molecule has 0 spiro atoms. The van der Waals surface area contributed by atoms with Crippen molar-refractivity contribution in [3.8, 4) is 0 Å². The second-order valence-electron chi connectivity index (χ2n) is 6.47. The molecule has 1 amide bonds. The van der Waals surface area contributed by atoms with E-state index in [0.717, 1.165) is 23.9 Å². The third-order valence-electron chi connectivity index (χ3n) is 4.41. The summed E-state index contributed by atoms with van der Waals surface area (Å²) in [6.07, 6.45) is 0.463. The number of aromatic nitrogens is 3. The van der Waals surface area contributed by atoms with E-state index >= 15 is 0 Å². The summed E-state index contributed by atoms with van der Waals surface area (Å²) < 4.78 is 64.9. The number of thioether (sulfide) groups is 1. The van der Waals surface area contributed by atoms with Crippen molar-refractivity contribution in [1.29, 1.82) is 0 Å². The molecule has 2 heterocycles. The van der Waals surface area contributed by atoms with Crippen LogP contribution in [0.2, 0.25) is 0 Å². The van der Waals surface area contributed by atoms with E-state index in [1.807, 2.05) is 0 Å². The number of sulfone groups is 1. The molecule has 0 aliphatic carbocycles. The smallest absolute Gasteiger partial charge is 0.237 e. The molecule has 1 N–H and O–H groups in total. The average molecular weight is 434 g/mol. The quantitative estimate of drug-likeness (QED) is 0.573. The van der Waals surface area contributed by atoms with Gasteiger partial charge in [-0.15, -0.1) is 10.2 Å². The van der Waals surface area contributed by atoms with Crippen molar-refractivity contribution in [2.24, 2.45) is 7.05 Å². The summed E-state index contributed by atoms with van der Waals surface area (Å²) in [6, 6.07) is 1.65. The van der Waals surface area contributed by atoms with Crippen LogP contribution in [0.25, 0.3) is 0 Å². The molecule has 28 heavy (non-hydrogen) atoms. The van der Waals surface area contributed by atoms with E-state index in [9.17, 15) is 26.4 Å². The Hall–Kier alpha value is -2.08. The van der Waals surface area contributed by atoms with Gasteiger partial charge in [-0.2, -0.15) is 0 Å². The molecule has 0 saturated carbocycles. The minimum atomic E-state index is -3.08. The van der Waals surface area contributed by atoms with Gasteiger partial charge in [-0.25, -0.2) is 21.6 Å². The number of nitrogens with zero attached hydrogens (tertiary/aromatic N) is 3. The first-order chi connectivity index (χ1) is 13.1. The van der Waals surface area contributed by atoms with E-state index in [0.29, 0.717) is 17.4 Å². The highest BCUT2D eigenvalue weighted by Crippen LogP contribution is 2.31. The van der Waals surface area contributed by atoms with Gasteiger partial charge in [-0.1, -0.05) is 11.8 Å². The maximum Gasteiger partial charge on any atom is 0.237 e. The Bertz CT molecular complexity index is 1030. The first-order valence-electron chi connectivity index (χ1n) is 8.30. The van der Waals surface area contributed by atoms with Crippen LogP contribution < -0.4 is 5.32 Å². The fourth-order valence-corrected chi connectivity index (χ4v) is 5.41. The number of halogens is 3. The lowest BCUT2D eigenvalue weighted by Crippen LogP contribution is -2.23. The summed E-state index contributed by atoms with van der Waals surface area (Å²) in [7, 11) is -1.41. The van der Waals surface area contributed by atoms with E-state index in [4.69, 9.17) is 0 Å². The molecule has 12 heteroatoms. The van der Waals surface area contributed by atoms with Gasteiger partial charge in [0.05, 0.1) is 22.4 Å². The Kier molecular flexibility index (Phi) is 5.71. The van der Waals surface area contributed by atoms with Gasteiger partial charge >= 0.3 is 0 Å². The Labute approximate surface area is 163 Å². The van der Waals surface area contributed by atoms with Gasteiger partial charge in [0.25, 0.3) is 0 Å². The molecule has 2 unspecified atom stereocenters. The number of carbonyl (C=O) groups excluding carboxylic acids is 1. The van der Waals surface area contributed by atoms with Crippen LogP contribution in [0, 0.1) is 17.5 Å². The maximum absolute atomic E-state index is 13.7. The third kappa shape index (κ3) is 4.17. The predicted octanol–water partition coefficient (Wildman–Crippen LogP) is 2.25. The summed E-state index contributed by atoms with van der Waals surface area (Å²) in [5.41, 5.74) is -0.467. The van der Waals surface area contributed by atoms with Crippen LogP contribution in [-0.4, -0.2) is 45.8 Å². The second-order valence-corrected chi connectivity index (χ2v) is 10.0. The van der Waals surface area contributed by atoms with Crippen LogP contribution in [0.15, 0.2) is 17.3 Å². The summed E-state index contributed by atoms with van der Waals surface area (Å²) in [6.45, 7) is 1.53. The number of nitrogens with one attached hydrogen (secondary N) is 1. The summed E-state index contributed by atoms with van der Waals surface area (Å²) >= 11 is 1.03. The molecule has 1 aliphatic heterocycles. The van der Waals surface area contributed by atoms with E-state index in [1.54, 1.807) is 11.6 Å². The molecule has 1 aliphatic rings. The van der Waals surface area contributed by atoms with E-state index < -0.39 is 44.1 Å². The van der Waals surface area contributed by atoms with Gasteiger partial charge < -0.3 is 9.88 Å². The predicted molar refractivity (Wildman–Crippen MR) is 97.3 cm³/mol. The molecule has 1 fully saturated rings. The van der Waals surface area contributed by atoms with Gasteiger partial charge in [0, 0.05) is 13.0 Å². The Morgan fingerprint density at radius 1 is 1.29 bits per heavy atom. The minimum Gasteiger partial charge on any atom is -0.323 e. The van der Waals surface area contributed by atoms with Crippen LogP contribution >= 0.6 is 11.8 Å². The number of anilines is 1. The topological polar surface area (TPSA) is 93.9 Å². The maximum atomic E-state index is 13.7. The normalized spacial score (nSPS) is 19.5. The molecule has 2 atom stereocenters. The number of amides is 1.